The van der Waals surface area contributed by atoms with E-state index in [0.717, 1.165) is 0 Å². The number of rotatable bonds is 5. The molecule has 0 aliphatic heterocycles. The number of carbonyl (C=O) groups is 2. The number of benzene rings is 1. The number of hydrogen-bond acceptors (Lipinski definition) is 3. The summed E-state index contributed by atoms with van der Waals surface area (Å²) in [5.74, 6) is -0.740. The van der Waals surface area contributed by atoms with Gasteiger partial charge in [0.25, 0.3) is 5.91 Å². The van der Waals surface area contributed by atoms with Crippen LogP contribution in [0.4, 0.5) is 0 Å². The van der Waals surface area contributed by atoms with Crippen LogP contribution in [0.15, 0.2) is 24.3 Å². The van der Waals surface area contributed by atoms with E-state index in [9.17, 15) is 9.59 Å². The highest BCUT2D eigenvalue weighted by atomic mass is 16.3. The first-order valence-electron chi connectivity index (χ1n) is 5.33. The Morgan fingerprint density at radius 3 is 2.29 bits per heavy atom. The molecule has 0 spiro atoms. The quantitative estimate of drug-likeness (QED) is 0.679. The molecule has 1 unspecified atom stereocenters. The second kappa shape index (κ2) is 6.00. The summed E-state index contributed by atoms with van der Waals surface area (Å²) < 4.78 is 0. The van der Waals surface area contributed by atoms with Crippen LogP contribution in [0.1, 0.15) is 27.6 Å². The van der Waals surface area contributed by atoms with Crippen molar-refractivity contribution in [2.45, 2.75) is 6.92 Å². The maximum absolute atomic E-state index is 11.6. The molecule has 0 aliphatic rings. The van der Waals surface area contributed by atoms with E-state index in [1.807, 2.05) is 6.92 Å². The van der Waals surface area contributed by atoms with Crippen molar-refractivity contribution in [3.8, 4) is 0 Å². The fourth-order valence-electron chi connectivity index (χ4n) is 1.22. The van der Waals surface area contributed by atoms with Crippen LogP contribution in [-0.2, 0) is 0 Å². The van der Waals surface area contributed by atoms with Gasteiger partial charge in [0.15, 0.2) is 0 Å². The van der Waals surface area contributed by atoms with Gasteiger partial charge in [-0.3, -0.25) is 9.59 Å². The second-order valence-corrected chi connectivity index (χ2v) is 3.94. The molecule has 5 nitrogen and oxygen atoms in total. The van der Waals surface area contributed by atoms with E-state index in [1.54, 1.807) is 12.1 Å². The minimum absolute atomic E-state index is 0.0174. The smallest absolute Gasteiger partial charge is 0.251 e. The Bertz CT molecular complexity index is 401. The third kappa shape index (κ3) is 3.88. The summed E-state index contributed by atoms with van der Waals surface area (Å²) in [7, 11) is 0. The average Bonchev–Trinajstić information content (AvgIpc) is 2.35. The number of aliphatic hydroxyl groups excluding tert-OH is 1. The van der Waals surface area contributed by atoms with Crippen molar-refractivity contribution in [3.05, 3.63) is 35.4 Å². The number of primary amides is 1. The first-order chi connectivity index (χ1) is 8.04. The maximum atomic E-state index is 11.6. The molecule has 1 atom stereocenters. The zero-order chi connectivity index (χ0) is 12.8. The van der Waals surface area contributed by atoms with Crippen molar-refractivity contribution in [1.82, 2.24) is 5.32 Å². The van der Waals surface area contributed by atoms with Crippen molar-refractivity contribution in [1.29, 1.82) is 0 Å². The molecule has 92 valence electrons. The van der Waals surface area contributed by atoms with Gasteiger partial charge in [0.05, 0.1) is 0 Å². The highest BCUT2D eigenvalue weighted by Crippen LogP contribution is 2.04. The molecule has 0 heterocycles. The maximum Gasteiger partial charge on any atom is 0.251 e. The normalized spacial score (nSPS) is 11.9. The fourth-order valence-corrected chi connectivity index (χ4v) is 1.22. The van der Waals surface area contributed by atoms with Crippen molar-refractivity contribution in [2.24, 2.45) is 11.7 Å². The van der Waals surface area contributed by atoms with Crippen LogP contribution in [0, 0.1) is 5.92 Å². The average molecular weight is 236 g/mol. The van der Waals surface area contributed by atoms with Gasteiger partial charge in [-0.2, -0.15) is 0 Å². The molecule has 0 aliphatic carbocycles. The van der Waals surface area contributed by atoms with Gasteiger partial charge < -0.3 is 16.2 Å². The summed E-state index contributed by atoms with van der Waals surface area (Å²) in [6, 6.07) is 6.09. The molecular weight excluding hydrogens is 220 g/mol. The largest absolute Gasteiger partial charge is 0.396 e. The number of carbonyl (C=O) groups excluding carboxylic acids is 2. The third-order valence-corrected chi connectivity index (χ3v) is 2.35. The SMILES string of the molecule is CC(CO)CNC(=O)c1ccc(C(N)=O)cc1. The minimum atomic E-state index is -0.522. The van der Waals surface area contributed by atoms with Crippen molar-refractivity contribution >= 4 is 11.8 Å². The zero-order valence-electron chi connectivity index (χ0n) is 9.64. The van der Waals surface area contributed by atoms with Gasteiger partial charge in [-0.05, 0) is 30.2 Å². The van der Waals surface area contributed by atoms with E-state index in [2.05, 4.69) is 5.32 Å². The van der Waals surface area contributed by atoms with Gasteiger partial charge in [-0.15, -0.1) is 0 Å². The van der Waals surface area contributed by atoms with Crippen LogP contribution < -0.4 is 11.1 Å². The lowest BCUT2D eigenvalue weighted by atomic mass is 10.1. The number of nitrogens with one attached hydrogen (secondary N) is 1. The zero-order valence-corrected chi connectivity index (χ0v) is 9.64. The third-order valence-electron chi connectivity index (χ3n) is 2.35. The molecule has 0 fully saturated rings. The van der Waals surface area contributed by atoms with Crippen LogP contribution in [-0.4, -0.2) is 30.1 Å². The summed E-state index contributed by atoms with van der Waals surface area (Å²) >= 11 is 0. The number of nitrogens with two attached hydrogens (primary N) is 1. The van der Waals surface area contributed by atoms with Crippen LogP contribution in [0.2, 0.25) is 0 Å². The molecule has 17 heavy (non-hydrogen) atoms. The topological polar surface area (TPSA) is 92.4 Å². The number of aliphatic hydroxyl groups is 1. The van der Waals surface area contributed by atoms with E-state index in [-0.39, 0.29) is 18.4 Å². The lowest BCUT2D eigenvalue weighted by Crippen LogP contribution is -2.29. The molecule has 0 radical (unpaired) electrons. The van der Waals surface area contributed by atoms with E-state index < -0.39 is 5.91 Å². The van der Waals surface area contributed by atoms with E-state index in [1.165, 1.54) is 12.1 Å². The molecule has 0 aromatic heterocycles. The lowest BCUT2D eigenvalue weighted by Gasteiger charge is -2.09. The molecule has 5 heteroatoms. The monoisotopic (exact) mass is 236 g/mol. The van der Waals surface area contributed by atoms with Crippen molar-refractivity contribution < 1.29 is 14.7 Å². The molecule has 4 N–H and O–H groups in total. The van der Waals surface area contributed by atoms with Crippen molar-refractivity contribution in [3.63, 3.8) is 0 Å². The van der Waals surface area contributed by atoms with E-state index in [0.29, 0.717) is 17.7 Å². The summed E-state index contributed by atoms with van der Waals surface area (Å²) in [4.78, 5) is 22.5. The predicted molar refractivity (Wildman–Crippen MR) is 63.5 cm³/mol. The number of hydrogen-bond donors (Lipinski definition) is 3. The minimum Gasteiger partial charge on any atom is -0.396 e. The highest BCUT2D eigenvalue weighted by molar-refractivity contribution is 5.97. The Morgan fingerprint density at radius 2 is 1.82 bits per heavy atom. The van der Waals surface area contributed by atoms with Gasteiger partial charge >= 0.3 is 0 Å². The predicted octanol–water partition coefficient (Wildman–Crippen LogP) is 0.144. The molecule has 1 aromatic rings. The van der Waals surface area contributed by atoms with Crippen molar-refractivity contribution in [2.75, 3.05) is 13.2 Å². The Kier molecular flexibility index (Phi) is 4.66. The highest BCUT2D eigenvalue weighted by Gasteiger charge is 2.08. The van der Waals surface area contributed by atoms with Crippen LogP contribution in [0.5, 0.6) is 0 Å². The molecular formula is C12H16N2O3. The molecule has 2 amide bonds. The van der Waals surface area contributed by atoms with Gasteiger partial charge in [-0.1, -0.05) is 6.92 Å². The molecule has 0 bridgehead atoms. The van der Waals surface area contributed by atoms with Crippen LogP contribution in [0.3, 0.4) is 0 Å². The summed E-state index contributed by atoms with van der Waals surface area (Å²) in [6.07, 6.45) is 0. The first-order valence-corrected chi connectivity index (χ1v) is 5.33. The lowest BCUT2D eigenvalue weighted by molar-refractivity contribution is 0.0940. The standard InChI is InChI=1S/C12H16N2O3/c1-8(7-15)6-14-12(17)10-4-2-9(3-5-10)11(13)16/h2-5,8,15H,6-7H2,1H3,(H2,13,16)(H,14,17). The molecule has 1 aromatic carbocycles. The van der Waals surface area contributed by atoms with Crippen LogP contribution >= 0.6 is 0 Å². The Hall–Kier alpha value is -1.88. The summed E-state index contributed by atoms with van der Waals surface area (Å²) in [5.41, 5.74) is 5.91. The van der Waals surface area contributed by atoms with Crippen LogP contribution in [0.25, 0.3) is 0 Å². The van der Waals surface area contributed by atoms with Gasteiger partial charge in [0, 0.05) is 24.3 Å². The summed E-state index contributed by atoms with van der Waals surface area (Å²) in [6.45, 7) is 2.27. The Balaban J connectivity index is 2.61. The van der Waals surface area contributed by atoms with Gasteiger partial charge in [0.2, 0.25) is 5.91 Å². The van der Waals surface area contributed by atoms with Gasteiger partial charge in [0.1, 0.15) is 0 Å². The fraction of sp³-hybridized carbons (Fsp3) is 0.333. The van der Waals surface area contributed by atoms with E-state index in [4.69, 9.17) is 10.8 Å². The summed E-state index contributed by atoms with van der Waals surface area (Å²) in [5, 5.41) is 11.5. The number of amides is 2. The molecule has 0 saturated carbocycles. The van der Waals surface area contributed by atoms with Gasteiger partial charge in [-0.25, -0.2) is 0 Å². The molecule has 0 saturated heterocycles. The Morgan fingerprint density at radius 1 is 1.29 bits per heavy atom. The van der Waals surface area contributed by atoms with E-state index >= 15 is 0 Å². The first kappa shape index (κ1) is 13.2. The Labute approximate surface area is 99.6 Å². The second-order valence-electron chi connectivity index (χ2n) is 3.94. The molecule has 1 rings (SSSR count).